The van der Waals surface area contributed by atoms with Gasteiger partial charge in [0.25, 0.3) is 0 Å². The number of rotatable bonds is 3. The normalized spacial score (nSPS) is 10.9. The summed E-state index contributed by atoms with van der Waals surface area (Å²) in [6, 6.07) is -0.419. The Bertz CT molecular complexity index is 316. The molecule has 0 aromatic heterocycles. The molecule has 7 heteroatoms. The van der Waals surface area contributed by atoms with Crippen molar-refractivity contribution in [2.75, 3.05) is 12.9 Å². The predicted octanol–water partition coefficient (Wildman–Crippen LogP) is 1.74. The summed E-state index contributed by atoms with van der Waals surface area (Å²) >= 11 is 1.18. The molecule has 0 aliphatic carbocycles. The van der Waals surface area contributed by atoms with Crippen molar-refractivity contribution in [3.63, 3.8) is 0 Å². The highest BCUT2D eigenvalue weighted by atomic mass is 32.2. The van der Waals surface area contributed by atoms with Crippen molar-refractivity contribution >= 4 is 29.1 Å². The quantitative estimate of drug-likeness (QED) is 0.459. The highest BCUT2D eigenvalue weighted by molar-refractivity contribution is 8.14. The van der Waals surface area contributed by atoms with E-state index in [1.165, 1.54) is 18.9 Å². The summed E-state index contributed by atoms with van der Waals surface area (Å²) in [5.41, 5.74) is 0. The fourth-order valence-corrected chi connectivity index (χ4v) is 1.34. The van der Waals surface area contributed by atoms with Gasteiger partial charge in [-0.15, -0.1) is 6.58 Å². The number of aliphatic imine (C=N–C) groups is 1. The zero-order valence-electron chi connectivity index (χ0n) is 10.1. The average molecular weight is 259 g/mol. The number of thioether (sulfide) groups is 1. The first-order chi connectivity index (χ1) is 7.99. The van der Waals surface area contributed by atoms with Crippen LogP contribution in [0.3, 0.4) is 0 Å². The third kappa shape index (κ3) is 8.32. The Morgan fingerprint density at radius 3 is 2.65 bits per heavy atom. The van der Waals surface area contributed by atoms with Crippen LogP contribution in [-0.4, -0.2) is 36.2 Å². The molecule has 0 aliphatic rings. The Morgan fingerprint density at radius 2 is 2.18 bits per heavy atom. The number of hydrogen-bond acceptors (Lipinski definition) is 4. The van der Waals surface area contributed by atoms with E-state index in [9.17, 15) is 9.59 Å². The van der Waals surface area contributed by atoms with E-state index in [4.69, 9.17) is 0 Å². The molecule has 17 heavy (non-hydrogen) atoms. The van der Waals surface area contributed by atoms with Crippen LogP contribution in [-0.2, 0) is 4.74 Å². The first-order valence-corrected chi connectivity index (χ1v) is 5.96. The first kappa shape index (κ1) is 15.5. The molecule has 0 saturated carbocycles. The van der Waals surface area contributed by atoms with E-state index in [0.717, 1.165) is 0 Å². The SMILES string of the molecule is C=CCSC(=NC(=O)OC)NC(=O)NC(C)C. The van der Waals surface area contributed by atoms with Gasteiger partial charge in [0.2, 0.25) is 0 Å². The van der Waals surface area contributed by atoms with Gasteiger partial charge in [0, 0.05) is 11.8 Å². The van der Waals surface area contributed by atoms with Crippen LogP contribution in [0, 0.1) is 0 Å². The third-order valence-corrected chi connectivity index (χ3v) is 2.21. The minimum atomic E-state index is -0.763. The molecular formula is C10H17N3O3S. The van der Waals surface area contributed by atoms with Gasteiger partial charge in [0.15, 0.2) is 5.17 Å². The molecule has 3 amide bonds. The Morgan fingerprint density at radius 1 is 1.53 bits per heavy atom. The zero-order chi connectivity index (χ0) is 13.3. The standard InChI is InChI=1S/C10H17N3O3S/c1-5-6-17-9(13-10(15)16-4)12-8(14)11-7(2)3/h5,7H,1,6H2,2-4H3,(H2,11,12,13,14,15). The van der Waals surface area contributed by atoms with Gasteiger partial charge in [-0.05, 0) is 13.8 Å². The van der Waals surface area contributed by atoms with E-state index >= 15 is 0 Å². The largest absolute Gasteiger partial charge is 0.451 e. The second-order valence-corrected chi connectivity index (χ2v) is 4.25. The Balaban J connectivity index is 4.47. The molecule has 0 radical (unpaired) electrons. The molecule has 0 aromatic rings. The van der Waals surface area contributed by atoms with Crippen LogP contribution >= 0.6 is 11.8 Å². The van der Waals surface area contributed by atoms with Crippen LogP contribution in [0.1, 0.15) is 13.8 Å². The zero-order valence-corrected chi connectivity index (χ0v) is 11.0. The molecule has 0 spiro atoms. The van der Waals surface area contributed by atoms with Crippen molar-refractivity contribution in [1.29, 1.82) is 0 Å². The van der Waals surface area contributed by atoms with Crippen molar-refractivity contribution < 1.29 is 14.3 Å². The number of carbonyl (C=O) groups is 2. The maximum atomic E-state index is 11.4. The van der Waals surface area contributed by atoms with Gasteiger partial charge in [0.05, 0.1) is 7.11 Å². The lowest BCUT2D eigenvalue weighted by atomic mass is 10.4. The van der Waals surface area contributed by atoms with Crippen molar-refractivity contribution in [3.8, 4) is 0 Å². The monoisotopic (exact) mass is 259 g/mol. The van der Waals surface area contributed by atoms with Crippen LogP contribution < -0.4 is 10.6 Å². The van der Waals surface area contributed by atoms with Crippen molar-refractivity contribution in [2.24, 2.45) is 4.99 Å². The fraction of sp³-hybridized carbons (Fsp3) is 0.500. The number of amides is 3. The van der Waals surface area contributed by atoms with E-state index in [1.54, 1.807) is 6.08 Å². The smallest absolute Gasteiger partial charge is 0.435 e. The second kappa shape index (κ2) is 8.63. The van der Waals surface area contributed by atoms with Crippen LogP contribution in [0.25, 0.3) is 0 Å². The Hall–Kier alpha value is -1.50. The molecule has 0 aliphatic heterocycles. The van der Waals surface area contributed by atoms with Crippen LogP contribution in [0.4, 0.5) is 9.59 Å². The summed E-state index contributed by atoms with van der Waals surface area (Å²) in [5, 5.41) is 5.26. The highest BCUT2D eigenvalue weighted by Gasteiger charge is 2.09. The van der Waals surface area contributed by atoms with Gasteiger partial charge >= 0.3 is 12.1 Å². The van der Waals surface area contributed by atoms with Gasteiger partial charge in [-0.3, -0.25) is 5.32 Å². The van der Waals surface area contributed by atoms with Crippen molar-refractivity contribution in [1.82, 2.24) is 10.6 Å². The Labute approximate surface area is 105 Å². The number of hydrogen-bond donors (Lipinski definition) is 2. The lowest BCUT2D eigenvalue weighted by Gasteiger charge is -2.10. The highest BCUT2D eigenvalue weighted by Crippen LogP contribution is 2.02. The summed E-state index contributed by atoms with van der Waals surface area (Å²) in [6.45, 7) is 7.19. The van der Waals surface area contributed by atoms with Gasteiger partial charge in [-0.2, -0.15) is 4.99 Å². The second-order valence-electron chi connectivity index (χ2n) is 3.24. The summed E-state index contributed by atoms with van der Waals surface area (Å²) in [6.07, 6.45) is 0.876. The Kier molecular flexibility index (Phi) is 7.87. The number of urea groups is 1. The van der Waals surface area contributed by atoms with E-state index in [1.807, 2.05) is 13.8 Å². The minimum absolute atomic E-state index is 0.00113. The van der Waals surface area contributed by atoms with Crippen LogP contribution in [0.15, 0.2) is 17.6 Å². The average Bonchev–Trinajstić information content (AvgIpc) is 2.24. The first-order valence-electron chi connectivity index (χ1n) is 4.97. The molecule has 0 fully saturated rings. The van der Waals surface area contributed by atoms with Crippen LogP contribution in [0.2, 0.25) is 0 Å². The van der Waals surface area contributed by atoms with Crippen LogP contribution in [0.5, 0.6) is 0 Å². The molecular weight excluding hydrogens is 242 g/mol. The number of ether oxygens (including phenoxy) is 1. The number of nitrogens with zero attached hydrogens (tertiary/aromatic N) is 1. The predicted molar refractivity (Wildman–Crippen MR) is 69.3 cm³/mol. The molecule has 96 valence electrons. The molecule has 0 aromatic carbocycles. The van der Waals surface area contributed by atoms with Gasteiger partial charge in [-0.1, -0.05) is 17.8 Å². The summed E-state index contributed by atoms with van der Waals surface area (Å²) in [4.78, 5) is 25.9. The van der Waals surface area contributed by atoms with E-state index in [2.05, 4.69) is 26.9 Å². The van der Waals surface area contributed by atoms with Gasteiger partial charge in [0.1, 0.15) is 0 Å². The summed E-state index contributed by atoms with van der Waals surface area (Å²) in [5.74, 6) is 0.526. The lowest BCUT2D eigenvalue weighted by Crippen LogP contribution is -2.41. The van der Waals surface area contributed by atoms with Gasteiger partial charge in [-0.25, -0.2) is 9.59 Å². The van der Waals surface area contributed by atoms with E-state index in [-0.39, 0.29) is 11.2 Å². The van der Waals surface area contributed by atoms with Crippen molar-refractivity contribution in [2.45, 2.75) is 19.9 Å². The molecule has 0 bridgehead atoms. The van der Waals surface area contributed by atoms with E-state index < -0.39 is 12.1 Å². The molecule has 6 nitrogen and oxygen atoms in total. The molecule has 0 saturated heterocycles. The molecule has 0 rings (SSSR count). The molecule has 0 heterocycles. The number of carbonyl (C=O) groups excluding carboxylic acids is 2. The molecule has 2 N–H and O–H groups in total. The maximum absolute atomic E-state index is 11.4. The number of nitrogens with one attached hydrogen (secondary N) is 2. The lowest BCUT2D eigenvalue weighted by molar-refractivity contribution is 0.182. The number of methoxy groups -OCH3 is 1. The molecule has 0 atom stereocenters. The minimum Gasteiger partial charge on any atom is -0.451 e. The van der Waals surface area contributed by atoms with Crippen molar-refractivity contribution in [3.05, 3.63) is 12.7 Å². The fourth-order valence-electron chi connectivity index (χ4n) is 0.758. The summed E-state index contributed by atoms with van der Waals surface area (Å²) in [7, 11) is 1.22. The topological polar surface area (TPSA) is 79.8 Å². The third-order valence-electron chi connectivity index (χ3n) is 1.35. The van der Waals surface area contributed by atoms with Gasteiger partial charge < -0.3 is 10.1 Å². The maximum Gasteiger partial charge on any atom is 0.435 e. The molecule has 0 unspecified atom stereocenters. The number of amidine groups is 1. The van der Waals surface area contributed by atoms with E-state index in [0.29, 0.717) is 5.75 Å². The summed E-state index contributed by atoms with van der Waals surface area (Å²) < 4.78 is 4.39.